The Kier molecular flexibility index (Phi) is 5.47. The van der Waals surface area contributed by atoms with E-state index in [0.717, 1.165) is 11.1 Å². The van der Waals surface area contributed by atoms with Crippen LogP contribution in [0, 0.1) is 5.82 Å². The van der Waals surface area contributed by atoms with Crippen molar-refractivity contribution in [2.75, 3.05) is 7.11 Å². The van der Waals surface area contributed by atoms with E-state index in [1.54, 1.807) is 12.1 Å². The van der Waals surface area contributed by atoms with Gasteiger partial charge in [0.2, 0.25) is 0 Å². The quantitative estimate of drug-likeness (QED) is 0.892. The summed E-state index contributed by atoms with van der Waals surface area (Å²) < 4.78 is 30.6. The molecule has 0 aliphatic carbocycles. The molecule has 2 rings (SSSR count). The van der Waals surface area contributed by atoms with Crippen LogP contribution in [0.3, 0.4) is 0 Å². The molecule has 0 radical (unpaired) electrons. The molecule has 0 saturated carbocycles. The third-order valence-electron chi connectivity index (χ3n) is 3.09. The Morgan fingerprint density at radius 1 is 1.10 bits per heavy atom. The van der Waals surface area contributed by atoms with Crippen LogP contribution in [0.5, 0.6) is 5.75 Å². The van der Waals surface area contributed by atoms with Gasteiger partial charge >= 0.3 is 0 Å². The number of benzene rings is 2. The molecular formula is C16H17FO3S. The fourth-order valence-corrected chi connectivity index (χ4v) is 3.25. The molecule has 1 unspecified atom stereocenters. The van der Waals surface area contributed by atoms with E-state index in [2.05, 4.69) is 0 Å². The maximum absolute atomic E-state index is 13.3. The van der Waals surface area contributed by atoms with Crippen LogP contribution in [-0.4, -0.2) is 16.4 Å². The van der Waals surface area contributed by atoms with Crippen LogP contribution in [0.15, 0.2) is 42.5 Å². The molecule has 0 fully saturated rings. The Labute approximate surface area is 125 Å². The molecule has 0 heterocycles. The number of methoxy groups -OCH3 is 1. The maximum Gasteiger partial charge on any atom is 0.123 e. The summed E-state index contributed by atoms with van der Waals surface area (Å²) in [7, 11) is 0.347. The number of ether oxygens (including phenoxy) is 1. The van der Waals surface area contributed by atoms with Gasteiger partial charge in [0.05, 0.1) is 19.5 Å². The molecule has 1 N–H and O–H groups in total. The zero-order valence-corrected chi connectivity index (χ0v) is 12.5. The number of hydrogen-bond donors (Lipinski definition) is 1. The fourth-order valence-electron chi connectivity index (χ4n) is 2.01. The first kappa shape index (κ1) is 15.7. The Morgan fingerprint density at radius 3 is 2.38 bits per heavy atom. The Morgan fingerprint density at radius 2 is 1.76 bits per heavy atom. The van der Waals surface area contributed by atoms with Gasteiger partial charge in [-0.05, 0) is 29.3 Å². The van der Waals surface area contributed by atoms with Crippen LogP contribution in [-0.2, 0) is 28.9 Å². The highest BCUT2D eigenvalue weighted by molar-refractivity contribution is 7.83. The van der Waals surface area contributed by atoms with Gasteiger partial charge in [-0.2, -0.15) is 0 Å². The molecule has 0 saturated heterocycles. The molecule has 2 aromatic rings. The van der Waals surface area contributed by atoms with E-state index >= 15 is 0 Å². The molecule has 0 spiro atoms. The lowest BCUT2D eigenvalue weighted by Gasteiger charge is -2.09. The number of halogens is 1. The first-order valence-corrected chi connectivity index (χ1v) is 7.97. The predicted octanol–water partition coefficient (Wildman–Crippen LogP) is 2.78. The molecule has 0 amide bonds. The van der Waals surface area contributed by atoms with E-state index in [-0.39, 0.29) is 18.2 Å². The molecule has 0 aromatic heterocycles. The van der Waals surface area contributed by atoms with Crippen molar-refractivity contribution in [1.82, 2.24) is 0 Å². The molecular weight excluding hydrogens is 291 g/mol. The highest BCUT2D eigenvalue weighted by Crippen LogP contribution is 2.21. The summed E-state index contributed by atoms with van der Waals surface area (Å²) in [5, 5.41) is 8.98. The molecule has 2 aromatic carbocycles. The fraction of sp³-hybridized carbons (Fsp3) is 0.250. The standard InChI is InChI=1S/C16H17FO3S/c1-20-16-7-6-15(17)8-14(16)11-21(19)10-13-4-2-12(9-18)3-5-13/h2-8,18H,9-11H2,1H3. The number of aliphatic hydroxyl groups is 1. The van der Waals surface area contributed by atoms with Crippen molar-refractivity contribution in [2.45, 2.75) is 18.1 Å². The van der Waals surface area contributed by atoms with Crippen LogP contribution < -0.4 is 4.74 Å². The average molecular weight is 308 g/mol. The summed E-state index contributed by atoms with van der Waals surface area (Å²) in [6, 6.07) is 11.5. The maximum atomic E-state index is 13.3. The van der Waals surface area contributed by atoms with Crippen molar-refractivity contribution in [2.24, 2.45) is 0 Å². The van der Waals surface area contributed by atoms with E-state index in [4.69, 9.17) is 9.84 Å². The minimum absolute atomic E-state index is 0.0101. The Hall–Kier alpha value is -1.72. The largest absolute Gasteiger partial charge is 0.496 e. The minimum atomic E-state index is -1.16. The van der Waals surface area contributed by atoms with Crippen molar-refractivity contribution >= 4 is 10.8 Å². The minimum Gasteiger partial charge on any atom is -0.496 e. The van der Waals surface area contributed by atoms with Gasteiger partial charge in [-0.15, -0.1) is 0 Å². The molecule has 5 heteroatoms. The average Bonchev–Trinajstić information content (AvgIpc) is 2.48. The number of aliphatic hydroxyl groups excluding tert-OH is 1. The molecule has 112 valence electrons. The smallest absolute Gasteiger partial charge is 0.123 e. The third-order valence-corrected chi connectivity index (χ3v) is 4.38. The van der Waals surface area contributed by atoms with Crippen LogP contribution in [0.25, 0.3) is 0 Å². The summed E-state index contributed by atoms with van der Waals surface area (Å²) in [5.41, 5.74) is 2.33. The van der Waals surface area contributed by atoms with Gasteiger partial charge in [0, 0.05) is 22.1 Å². The van der Waals surface area contributed by atoms with Gasteiger partial charge in [-0.25, -0.2) is 4.39 Å². The van der Waals surface area contributed by atoms with Crippen molar-refractivity contribution in [3.05, 3.63) is 65.0 Å². The monoisotopic (exact) mass is 308 g/mol. The van der Waals surface area contributed by atoms with Gasteiger partial charge < -0.3 is 9.84 Å². The van der Waals surface area contributed by atoms with Gasteiger partial charge in [0.1, 0.15) is 11.6 Å². The van der Waals surface area contributed by atoms with Crippen molar-refractivity contribution < 1.29 is 18.4 Å². The van der Waals surface area contributed by atoms with E-state index in [9.17, 15) is 8.60 Å². The van der Waals surface area contributed by atoms with Crippen LogP contribution in [0.1, 0.15) is 16.7 Å². The molecule has 1 atom stereocenters. The lowest BCUT2D eigenvalue weighted by molar-refractivity contribution is 0.282. The topological polar surface area (TPSA) is 46.5 Å². The third kappa shape index (κ3) is 4.37. The van der Waals surface area contributed by atoms with Crippen LogP contribution in [0.2, 0.25) is 0 Å². The first-order chi connectivity index (χ1) is 10.1. The number of rotatable bonds is 6. The predicted molar refractivity (Wildman–Crippen MR) is 80.9 cm³/mol. The summed E-state index contributed by atoms with van der Waals surface area (Å²) in [6.07, 6.45) is 0. The summed E-state index contributed by atoms with van der Waals surface area (Å²) in [5.74, 6) is 0.795. The van der Waals surface area contributed by atoms with Crippen molar-refractivity contribution in [3.8, 4) is 5.75 Å². The highest BCUT2D eigenvalue weighted by atomic mass is 32.2. The summed E-state index contributed by atoms with van der Waals surface area (Å²) in [6.45, 7) is -0.0101. The molecule has 0 bridgehead atoms. The summed E-state index contributed by atoms with van der Waals surface area (Å²) >= 11 is 0. The first-order valence-electron chi connectivity index (χ1n) is 6.48. The van der Waals surface area contributed by atoms with E-state index in [1.807, 2.05) is 12.1 Å². The van der Waals surface area contributed by atoms with E-state index in [0.29, 0.717) is 17.1 Å². The second-order valence-corrected chi connectivity index (χ2v) is 6.12. The lowest BCUT2D eigenvalue weighted by atomic mass is 10.2. The molecule has 3 nitrogen and oxygen atoms in total. The second kappa shape index (κ2) is 7.33. The van der Waals surface area contributed by atoms with Gasteiger partial charge in [0.25, 0.3) is 0 Å². The lowest BCUT2D eigenvalue weighted by Crippen LogP contribution is -2.02. The highest BCUT2D eigenvalue weighted by Gasteiger charge is 2.09. The Balaban J connectivity index is 2.05. The zero-order chi connectivity index (χ0) is 15.2. The normalized spacial score (nSPS) is 12.1. The van der Waals surface area contributed by atoms with Gasteiger partial charge in [-0.3, -0.25) is 4.21 Å². The second-order valence-electron chi connectivity index (χ2n) is 4.66. The van der Waals surface area contributed by atoms with E-state index < -0.39 is 10.8 Å². The van der Waals surface area contributed by atoms with Crippen LogP contribution >= 0.6 is 0 Å². The van der Waals surface area contributed by atoms with Crippen molar-refractivity contribution in [3.63, 3.8) is 0 Å². The molecule has 0 aliphatic rings. The molecule has 21 heavy (non-hydrogen) atoms. The van der Waals surface area contributed by atoms with Crippen molar-refractivity contribution in [1.29, 1.82) is 0 Å². The van der Waals surface area contributed by atoms with Gasteiger partial charge in [-0.1, -0.05) is 24.3 Å². The number of hydrogen-bond acceptors (Lipinski definition) is 3. The zero-order valence-electron chi connectivity index (χ0n) is 11.7. The summed E-state index contributed by atoms with van der Waals surface area (Å²) in [4.78, 5) is 0. The van der Waals surface area contributed by atoms with Crippen LogP contribution in [0.4, 0.5) is 4.39 Å². The SMILES string of the molecule is COc1ccc(F)cc1CS(=O)Cc1ccc(CO)cc1. The molecule has 0 aliphatic heterocycles. The van der Waals surface area contributed by atoms with E-state index in [1.165, 1.54) is 25.3 Å². The van der Waals surface area contributed by atoms with Gasteiger partial charge in [0.15, 0.2) is 0 Å². The Bertz CT molecular complexity index is 626.